The molecule has 0 aliphatic carbocycles. The SMILES string of the molecule is Cc1nn(-c2nc3ccccc3[nH]2)c2c1C(c1ccc(-c3cccc(Cl)c3)o1)CC(=O)N2. The number of fused-ring (bicyclic) bond motifs is 2. The number of carbonyl (C=O) groups is 1. The Morgan fingerprint density at radius 1 is 1.12 bits per heavy atom. The second-order valence-electron chi connectivity index (χ2n) is 7.85. The van der Waals surface area contributed by atoms with Gasteiger partial charge < -0.3 is 14.7 Å². The lowest BCUT2D eigenvalue weighted by Crippen LogP contribution is -2.24. The van der Waals surface area contributed by atoms with E-state index in [1.165, 1.54) is 0 Å². The van der Waals surface area contributed by atoms with E-state index in [1.807, 2.05) is 67.6 Å². The number of hydrogen-bond acceptors (Lipinski definition) is 4. The number of furan rings is 1. The number of rotatable bonds is 3. The van der Waals surface area contributed by atoms with Crippen LogP contribution in [0.5, 0.6) is 0 Å². The van der Waals surface area contributed by atoms with Crippen molar-refractivity contribution in [1.29, 1.82) is 0 Å². The van der Waals surface area contributed by atoms with Crippen molar-refractivity contribution in [1.82, 2.24) is 19.7 Å². The Morgan fingerprint density at radius 2 is 2.00 bits per heavy atom. The number of anilines is 1. The standard InChI is InChI=1S/C24H18ClN5O2/c1-13-22-16(20-10-9-19(32-20)14-5-4-6-15(25)11-14)12-21(31)28-23(22)30(29-13)24-26-17-7-2-3-8-18(17)27-24/h2-11,16H,12H2,1H3,(H,26,27)(H,28,31). The van der Waals surface area contributed by atoms with Crippen LogP contribution in [0.3, 0.4) is 0 Å². The lowest BCUT2D eigenvalue weighted by Gasteiger charge is -2.22. The van der Waals surface area contributed by atoms with Gasteiger partial charge in [0.2, 0.25) is 11.9 Å². The highest BCUT2D eigenvalue weighted by Gasteiger charge is 2.35. The molecule has 1 unspecified atom stereocenters. The monoisotopic (exact) mass is 443 g/mol. The zero-order chi connectivity index (χ0) is 21.8. The number of hydrogen-bond donors (Lipinski definition) is 2. The highest BCUT2D eigenvalue weighted by Crippen LogP contribution is 2.41. The molecular weight excluding hydrogens is 426 g/mol. The number of amides is 1. The van der Waals surface area contributed by atoms with Gasteiger partial charge in [0.05, 0.1) is 22.6 Å². The molecule has 0 spiro atoms. The lowest BCUT2D eigenvalue weighted by atomic mass is 9.90. The maximum Gasteiger partial charge on any atom is 0.231 e. The third kappa shape index (κ3) is 3.01. The highest BCUT2D eigenvalue weighted by molar-refractivity contribution is 6.30. The second-order valence-corrected chi connectivity index (χ2v) is 8.29. The predicted molar refractivity (Wildman–Crippen MR) is 122 cm³/mol. The van der Waals surface area contributed by atoms with Crippen LogP contribution in [0.25, 0.3) is 28.3 Å². The van der Waals surface area contributed by atoms with E-state index >= 15 is 0 Å². The van der Waals surface area contributed by atoms with E-state index < -0.39 is 0 Å². The number of carbonyl (C=O) groups excluding carboxylic acids is 1. The van der Waals surface area contributed by atoms with Gasteiger partial charge >= 0.3 is 0 Å². The van der Waals surface area contributed by atoms with E-state index in [9.17, 15) is 4.79 Å². The Kier molecular flexibility index (Phi) is 4.19. The van der Waals surface area contributed by atoms with Crippen molar-refractivity contribution in [3.63, 3.8) is 0 Å². The molecular formula is C24H18ClN5O2. The van der Waals surface area contributed by atoms with Gasteiger partial charge in [-0.05, 0) is 43.3 Å². The molecule has 0 bridgehead atoms. The normalized spacial score (nSPS) is 15.7. The summed E-state index contributed by atoms with van der Waals surface area (Å²) in [6, 6.07) is 19.1. The number of aryl methyl sites for hydroxylation is 1. The van der Waals surface area contributed by atoms with E-state index in [-0.39, 0.29) is 18.2 Å². The van der Waals surface area contributed by atoms with Gasteiger partial charge in [0, 0.05) is 22.6 Å². The molecule has 5 aromatic rings. The number of imidazole rings is 1. The van der Waals surface area contributed by atoms with Crippen LogP contribution >= 0.6 is 11.6 Å². The molecule has 1 atom stereocenters. The summed E-state index contributed by atoms with van der Waals surface area (Å²) in [6.07, 6.45) is 0.280. The molecule has 2 N–H and O–H groups in total. The number of para-hydroxylation sites is 2. The van der Waals surface area contributed by atoms with Crippen LogP contribution in [0, 0.1) is 6.92 Å². The van der Waals surface area contributed by atoms with Gasteiger partial charge in [-0.3, -0.25) is 4.79 Å². The average Bonchev–Trinajstić information content (AvgIpc) is 3.50. The Morgan fingerprint density at radius 3 is 2.84 bits per heavy atom. The summed E-state index contributed by atoms with van der Waals surface area (Å²) in [5, 5.41) is 8.32. The molecule has 0 saturated heterocycles. The van der Waals surface area contributed by atoms with Crippen LogP contribution in [0.15, 0.2) is 65.1 Å². The molecule has 7 nitrogen and oxygen atoms in total. The van der Waals surface area contributed by atoms with Gasteiger partial charge in [-0.1, -0.05) is 35.9 Å². The zero-order valence-corrected chi connectivity index (χ0v) is 17.8. The molecule has 0 saturated carbocycles. The van der Waals surface area contributed by atoms with Crippen molar-refractivity contribution in [2.75, 3.05) is 5.32 Å². The molecule has 6 rings (SSSR count). The van der Waals surface area contributed by atoms with Crippen molar-refractivity contribution in [2.24, 2.45) is 0 Å². The first-order valence-electron chi connectivity index (χ1n) is 10.3. The van der Waals surface area contributed by atoms with E-state index in [0.717, 1.165) is 27.9 Å². The van der Waals surface area contributed by atoms with Gasteiger partial charge in [0.1, 0.15) is 17.3 Å². The number of H-pyrrole nitrogens is 1. The van der Waals surface area contributed by atoms with E-state index in [1.54, 1.807) is 4.68 Å². The summed E-state index contributed by atoms with van der Waals surface area (Å²) in [5.41, 5.74) is 4.36. The summed E-state index contributed by atoms with van der Waals surface area (Å²) < 4.78 is 7.85. The first-order chi connectivity index (χ1) is 15.6. The minimum absolute atomic E-state index is 0.0968. The fourth-order valence-electron chi connectivity index (χ4n) is 4.32. The predicted octanol–water partition coefficient (Wildman–Crippen LogP) is 5.44. The van der Waals surface area contributed by atoms with Crippen LogP contribution in [-0.2, 0) is 4.79 Å². The first kappa shape index (κ1) is 18.9. The zero-order valence-electron chi connectivity index (χ0n) is 17.1. The smallest absolute Gasteiger partial charge is 0.231 e. The van der Waals surface area contributed by atoms with Gasteiger partial charge in [-0.2, -0.15) is 9.78 Å². The topological polar surface area (TPSA) is 88.7 Å². The molecule has 32 heavy (non-hydrogen) atoms. The molecule has 0 radical (unpaired) electrons. The van der Waals surface area contributed by atoms with E-state index in [2.05, 4.69) is 15.3 Å². The molecule has 3 aromatic heterocycles. The van der Waals surface area contributed by atoms with Crippen LogP contribution in [0.4, 0.5) is 5.82 Å². The van der Waals surface area contributed by atoms with Gasteiger partial charge in [0.15, 0.2) is 0 Å². The largest absolute Gasteiger partial charge is 0.460 e. The van der Waals surface area contributed by atoms with Crippen LogP contribution in [0.2, 0.25) is 5.02 Å². The second kappa shape index (κ2) is 7.10. The van der Waals surface area contributed by atoms with Crippen LogP contribution in [0.1, 0.15) is 29.4 Å². The van der Waals surface area contributed by atoms with Crippen molar-refractivity contribution >= 4 is 34.4 Å². The Bertz CT molecular complexity index is 1460. The first-order valence-corrected chi connectivity index (χ1v) is 10.6. The average molecular weight is 444 g/mol. The quantitative estimate of drug-likeness (QED) is 0.388. The maximum absolute atomic E-state index is 12.7. The Balaban J connectivity index is 1.44. The van der Waals surface area contributed by atoms with Crippen molar-refractivity contribution in [2.45, 2.75) is 19.3 Å². The maximum atomic E-state index is 12.7. The third-order valence-electron chi connectivity index (χ3n) is 5.76. The number of aromatic nitrogens is 4. The number of nitrogens with one attached hydrogen (secondary N) is 2. The number of aromatic amines is 1. The van der Waals surface area contributed by atoms with Crippen molar-refractivity contribution in [3.05, 3.63) is 82.7 Å². The minimum atomic E-state index is -0.246. The minimum Gasteiger partial charge on any atom is -0.460 e. The van der Waals surface area contributed by atoms with Crippen LogP contribution < -0.4 is 5.32 Å². The van der Waals surface area contributed by atoms with Gasteiger partial charge in [0.25, 0.3) is 0 Å². The molecule has 8 heteroatoms. The van der Waals surface area contributed by atoms with Gasteiger partial charge in [-0.25, -0.2) is 4.98 Å². The molecule has 1 amide bonds. The van der Waals surface area contributed by atoms with Gasteiger partial charge in [-0.15, -0.1) is 0 Å². The van der Waals surface area contributed by atoms with Crippen molar-refractivity contribution < 1.29 is 9.21 Å². The molecule has 1 aliphatic rings. The fourth-order valence-corrected chi connectivity index (χ4v) is 4.51. The third-order valence-corrected chi connectivity index (χ3v) is 5.99. The van der Waals surface area contributed by atoms with Crippen LogP contribution in [-0.4, -0.2) is 25.7 Å². The fraction of sp³-hybridized carbons (Fsp3) is 0.125. The Labute approximate surface area is 188 Å². The molecule has 4 heterocycles. The summed E-state index contributed by atoms with van der Waals surface area (Å²) >= 11 is 6.13. The number of benzene rings is 2. The highest BCUT2D eigenvalue weighted by atomic mass is 35.5. The van der Waals surface area contributed by atoms with E-state index in [4.69, 9.17) is 21.1 Å². The molecule has 1 aliphatic heterocycles. The molecule has 158 valence electrons. The summed E-state index contributed by atoms with van der Waals surface area (Å²) in [6.45, 7) is 1.93. The molecule has 0 fully saturated rings. The lowest BCUT2D eigenvalue weighted by molar-refractivity contribution is -0.116. The summed E-state index contributed by atoms with van der Waals surface area (Å²) in [4.78, 5) is 20.6. The van der Waals surface area contributed by atoms with Crippen molar-refractivity contribution in [3.8, 4) is 17.3 Å². The summed E-state index contributed by atoms with van der Waals surface area (Å²) in [7, 11) is 0. The molecule has 2 aromatic carbocycles. The number of halogens is 1. The Hall–Kier alpha value is -3.84. The summed E-state index contributed by atoms with van der Waals surface area (Å²) in [5.74, 6) is 2.24. The van der Waals surface area contributed by atoms with E-state index in [0.29, 0.717) is 28.3 Å². The number of nitrogens with zero attached hydrogens (tertiary/aromatic N) is 3.